The second-order valence-electron chi connectivity index (χ2n) is 10.7. The maximum Gasteiger partial charge on any atom is 0.270 e. The van der Waals surface area contributed by atoms with Gasteiger partial charge in [0.1, 0.15) is 23.4 Å². The number of hydrogen-bond donors (Lipinski definition) is 3. The number of aromatic amines is 1. The fourth-order valence-electron chi connectivity index (χ4n) is 5.41. The second kappa shape index (κ2) is 11.0. The number of H-pyrrole nitrogens is 1. The van der Waals surface area contributed by atoms with Gasteiger partial charge in [-0.3, -0.25) is 14.7 Å². The van der Waals surface area contributed by atoms with Crippen molar-refractivity contribution in [2.75, 3.05) is 45.0 Å². The van der Waals surface area contributed by atoms with Gasteiger partial charge >= 0.3 is 0 Å². The lowest BCUT2D eigenvalue weighted by atomic mass is 9.94. The van der Waals surface area contributed by atoms with Crippen molar-refractivity contribution in [1.82, 2.24) is 20.3 Å². The first-order valence-electron chi connectivity index (χ1n) is 13.6. The van der Waals surface area contributed by atoms with Crippen molar-refractivity contribution in [2.24, 2.45) is 0 Å². The van der Waals surface area contributed by atoms with Crippen molar-refractivity contribution in [3.8, 4) is 17.2 Å². The minimum absolute atomic E-state index is 0.0360. The number of sulfonamides is 1. The van der Waals surface area contributed by atoms with Gasteiger partial charge in [-0.2, -0.15) is 5.10 Å². The summed E-state index contributed by atoms with van der Waals surface area (Å²) in [6.07, 6.45) is 2.09. The van der Waals surface area contributed by atoms with Gasteiger partial charge in [-0.05, 0) is 56.5 Å². The monoisotopic (exact) mass is 600 g/mol. The maximum atomic E-state index is 14.3. The van der Waals surface area contributed by atoms with E-state index in [4.69, 9.17) is 18.7 Å². The van der Waals surface area contributed by atoms with Gasteiger partial charge in [0.05, 0.1) is 32.4 Å². The van der Waals surface area contributed by atoms with Crippen LogP contribution in [0.15, 0.2) is 39.8 Å². The molecule has 1 aliphatic heterocycles. The third-order valence-corrected chi connectivity index (χ3v) is 9.25. The molecule has 42 heavy (non-hydrogen) atoms. The highest BCUT2D eigenvalue weighted by Crippen LogP contribution is 2.43. The molecule has 224 valence electrons. The third kappa shape index (κ3) is 5.31. The molecule has 3 N–H and O–H groups in total. The number of nitrogens with zero attached hydrogens (tertiary/aromatic N) is 3. The van der Waals surface area contributed by atoms with Crippen LogP contribution < -0.4 is 24.2 Å². The van der Waals surface area contributed by atoms with Crippen molar-refractivity contribution in [3.63, 3.8) is 0 Å². The minimum atomic E-state index is -4.29. The molecule has 1 aliphatic carbocycles. The van der Waals surface area contributed by atoms with Gasteiger partial charge in [-0.15, -0.1) is 0 Å². The first-order valence-corrected chi connectivity index (χ1v) is 15.1. The lowest BCUT2D eigenvalue weighted by Crippen LogP contribution is -2.34. The zero-order valence-electron chi connectivity index (χ0n) is 23.7. The molecule has 1 unspecified atom stereocenters. The molecule has 2 atom stereocenters. The number of fused-ring (bicyclic) bond motifs is 1. The van der Waals surface area contributed by atoms with Crippen LogP contribution in [0.1, 0.15) is 48.9 Å². The number of benzene rings is 2. The fraction of sp³-hybridized carbons (Fsp3) is 0.429. The predicted molar refractivity (Wildman–Crippen MR) is 154 cm³/mol. The summed E-state index contributed by atoms with van der Waals surface area (Å²) in [6.45, 7) is 0.585. The van der Waals surface area contributed by atoms with Crippen molar-refractivity contribution in [2.45, 2.75) is 48.7 Å². The van der Waals surface area contributed by atoms with E-state index in [1.165, 1.54) is 21.3 Å². The summed E-state index contributed by atoms with van der Waals surface area (Å²) in [5.74, 6) is 1.67. The molecule has 12 nitrogen and oxygen atoms in total. The number of nitrogens with one attached hydrogen (secondary N) is 3. The number of methoxy groups -OCH3 is 3. The van der Waals surface area contributed by atoms with Gasteiger partial charge in [0, 0.05) is 36.3 Å². The molecule has 6 rings (SSSR count). The van der Waals surface area contributed by atoms with Gasteiger partial charge in [0.25, 0.3) is 10.0 Å². The van der Waals surface area contributed by atoms with E-state index in [-0.39, 0.29) is 28.3 Å². The lowest BCUT2D eigenvalue weighted by molar-refractivity contribution is 0.113. The molecule has 2 fully saturated rings. The molecule has 0 amide bonds. The van der Waals surface area contributed by atoms with Gasteiger partial charge in [0.15, 0.2) is 22.1 Å². The number of aromatic nitrogens is 3. The van der Waals surface area contributed by atoms with Crippen LogP contribution in [0.2, 0.25) is 0 Å². The van der Waals surface area contributed by atoms with Crippen LogP contribution in [0.4, 0.5) is 21.7 Å². The first kappa shape index (κ1) is 28.1. The number of ether oxygens (including phenoxy) is 3. The predicted octanol–water partition coefficient (Wildman–Crippen LogP) is 5.10. The normalized spacial score (nSPS) is 19.5. The first-order chi connectivity index (χ1) is 20.2. The topological polar surface area (TPSA) is 144 Å². The molecule has 3 heterocycles. The number of hydrogen-bond acceptors (Lipinski definition) is 10. The van der Waals surface area contributed by atoms with E-state index in [9.17, 15) is 12.8 Å². The van der Waals surface area contributed by atoms with Crippen LogP contribution >= 0.6 is 0 Å². The number of anilines is 3. The molecule has 0 radical (unpaired) electrons. The van der Waals surface area contributed by atoms with E-state index in [1.807, 2.05) is 18.0 Å². The molecule has 4 aromatic rings. The Balaban J connectivity index is 1.31. The van der Waals surface area contributed by atoms with E-state index < -0.39 is 16.2 Å². The van der Waals surface area contributed by atoms with E-state index in [2.05, 4.69) is 25.4 Å². The Morgan fingerprint density at radius 1 is 1.02 bits per heavy atom. The molecule has 14 heteroatoms. The van der Waals surface area contributed by atoms with Gasteiger partial charge in [-0.1, -0.05) is 5.16 Å². The van der Waals surface area contributed by atoms with Gasteiger partial charge in [0.2, 0.25) is 0 Å². The summed E-state index contributed by atoms with van der Waals surface area (Å²) in [7, 11) is 1.87. The Bertz CT molecular complexity index is 1690. The Morgan fingerprint density at radius 3 is 2.40 bits per heavy atom. The van der Waals surface area contributed by atoms with Crippen LogP contribution in [-0.4, -0.2) is 69.8 Å². The van der Waals surface area contributed by atoms with E-state index in [0.717, 1.165) is 18.5 Å². The average Bonchev–Trinajstić information content (AvgIpc) is 3.62. The Morgan fingerprint density at radius 2 is 1.74 bits per heavy atom. The molecule has 2 aromatic carbocycles. The minimum Gasteiger partial charge on any atom is -0.495 e. The number of alkyl halides is 1. The fourth-order valence-corrected chi connectivity index (χ4v) is 6.73. The highest BCUT2D eigenvalue weighted by molar-refractivity contribution is 7.93. The molecule has 2 aliphatic rings. The quantitative estimate of drug-likeness (QED) is 0.225. The van der Waals surface area contributed by atoms with Gasteiger partial charge in [-0.25, -0.2) is 12.8 Å². The summed E-state index contributed by atoms with van der Waals surface area (Å²) in [5.41, 5.74) is 2.67. The summed E-state index contributed by atoms with van der Waals surface area (Å²) in [6, 6.07) is 8.22. The van der Waals surface area contributed by atoms with Crippen LogP contribution in [0.5, 0.6) is 17.2 Å². The highest BCUT2D eigenvalue weighted by atomic mass is 32.2. The summed E-state index contributed by atoms with van der Waals surface area (Å²) in [5, 5.41) is 14.9. The standard InChI is InChI=1S/C28H33FN6O6S/c1-35-8-7-17(29)11-21(35)16-9-24(39-3)27(25(10-16)40-4)42(36,37)34-28-18-12-23(38-2)20(13-22(18)41-33-28)30-26-14-19(31-32-26)15-5-6-15/h9-10,12-15,17,21H,5-8,11H2,1-4H3,(H,33,34)(H2,30,31,32)/t17-,21?/m1/s1. The average molecular weight is 601 g/mol. The summed E-state index contributed by atoms with van der Waals surface area (Å²) in [4.78, 5) is 1.82. The molecule has 0 bridgehead atoms. The summed E-state index contributed by atoms with van der Waals surface area (Å²) < 4.78 is 66.4. The number of rotatable bonds is 10. The van der Waals surface area contributed by atoms with Crippen LogP contribution in [-0.2, 0) is 10.0 Å². The van der Waals surface area contributed by atoms with E-state index in [0.29, 0.717) is 59.1 Å². The molecule has 1 saturated carbocycles. The summed E-state index contributed by atoms with van der Waals surface area (Å²) >= 11 is 0. The maximum absolute atomic E-state index is 14.3. The molecule has 2 aromatic heterocycles. The zero-order chi connectivity index (χ0) is 29.6. The van der Waals surface area contributed by atoms with Crippen LogP contribution in [0.3, 0.4) is 0 Å². The molecule has 0 spiro atoms. The van der Waals surface area contributed by atoms with Crippen LogP contribution in [0.25, 0.3) is 11.0 Å². The largest absolute Gasteiger partial charge is 0.495 e. The molecular formula is C28H33FN6O6S. The zero-order valence-corrected chi connectivity index (χ0v) is 24.5. The lowest BCUT2D eigenvalue weighted by Gasteiger charge is -2.35. The van der Waals surface area contributed by atoms with E-state index >= 15 is 0 Å². The third-order valence-electron chi connectivity index (χ3n) is 7.84. The Kier molecular flexibility index (Phi) is 7.35. The smallest absolute Gasteiger partial charge is 0.270 e. The van der Waals surface area contributed by atoms with Gasteiger partial charge < -0.3 is 24.1 Å². The molecular weight excluding hydrogens is 567 g/mol. The van der Waals surface area contributed by atoms with Crippen molar-refractivity contribution in [1.29, 1.82) is 0 Å². The Labute approximate surface area is 242 Å². The van der Waals surface area contributed by atoms with Crippen LogP contribution in [0, 0.1) is 0 Å². The van der Waals surface area contributed by atoms with E-state index in [1.54, 1.807) is 24.3 Å². The molecule has 1 saturated heterocycles. The SMILES string of the molecule is COc1cc2c(NS(=O)(=O)c3c(OC)cc(C4C[C@H](F)CCN4C)cc3OC)noc2cc1Nc1cc(C2CC2)[nH]n1. The Hall–Kier alpha value is -4.04. The highest BCUT2D eigenvalue weighted by Gasteiger charge is 2.33. The van der Waals surface area contributed by atoms with Crippen molar-refractivity contribution >= 4 is 38.3 Å². The van der Waals surface area contributed by atoms with Crippen molar-refractivity contribution < 1.29 is 31.5 Å². The number of halogens is 1. The second-order valence-corrected chi connectivity index (χ2v) is 12.3. The number of likely N-dealkylation sites (tertiary alicyclic amines) is 1. The van der Waals surface area contributed by atoms with Crippen molar-refractivity contribution in [3.05, 3.63) is 41.6 Å². The number of piperidine rings is 1.